The summed E-state index contributed by atoms with van der Waals surface area (Å²) in [6.07, 6.45) is -0.289. The second kappa shape index (κ2) is 9.52. The molecule has 0 aliphatic carbocycles. The molecule has 3 aromatic rings. The van der Waals surface area contributed by atoms with Gasteiger partial charge in [-0.25, -0.2) is 0 Å². The lowest BCUT2D eigenvalue weighted by molar-refractivity contribution is -0.113. The fraction of sp³-hybridized carbons (Fsp3) is 0.250. The van der Waals surface area contributed by atoms with E-state index in [4.69, 9.17) is 27.9 Å². The summed E-state index contributed by atoms with van der Waals surface area (Å²) in [6.45, 7) is 3.92. The molecule has 152 valence electrons. The fourth-order valence-electron chi connectivity index (χ4n) is 2.67. The number of halogens is 2. The van der Waals surface area contributed by atoms with Crippen LogP contribution in [0.4, 0.5) is 5.69 Å². The minimum atomic E-state index is -0.289. The molecule has 0 radical (unpaired) electrons. The van der Waals surface area contributed by atoms with Crippen LogP contribution in [0.3, 0.4) is 0 Å². The fourth-order valence-corrected chi connectivity index (χ4v) is 3.73. The topological polar surface area (TPSA) is 69.0 Å². The van der Waals surface area contributed by atoms with Gasteiger partial charge in [0.15, 0.2) is 17.1 Å². The highest BCUT2D eigenvalue weighted by atomic mass is 35.5. The van der Waals surface area contributed by atoms with E-state index in [1.54, 1.807) is 18.2 Å². The van der Waals surface area contributed by atoms with Gasteiger partial charge in [0, 0.05) is 7.05 Å². The average molecular weight is 451 g/mol. The monoisotopic (exact) mass is 450 g/mol. The minimum absolute atomic E-state index is 0.155. The van der Waals surface area contributed by atoms with Crippen molar-refractivity contribution in [3.05, 3.63) is 63.9 Å². The molecule has 1 atom stereocenters. The number of ether oxygens (including phenoxy) is 1. The van der Waals surface area contributed by atoms with Gasteiger partial charge in [-0.3, -0.25) is 4.79 Å². The van der Waals surface area contributed by atoms with Crippen LogP contribution in [0, 0.1) is 6.92 Å². The van der Waals surface area contributed by atoms with Gasteiger partial charge in [0.2, 0.25) is 5.91 Å². The van der Waals surface area contributed by atoms with Crippen LogP contribution in [0.2, 0.25) is 10.0 Å². The van der Waals surface area contributed by atoms with Gasteiger partial charge >= 0.3 is 0 Å². The Hall–Kier alpha value is -2.22. The summed E-state index contributed by atoms with van der Waals surface area (Å²) >= 11 is 13.3. The minimum Gasteiger partial charge on any atom is -0.483 e. The lowest BCUT2D eigenvalue weighted by Crippen LogP contribution is -2.15. The molecular formula is C20H20Cl2N4O2S. The van der Waals surface area contributed by atoms with E-state index in [2.05, 4.69) is 15.5 Å². The first-order valence-corrected chi connectivity index (χ1v) is 10.6. The van der Waals surface area contributed by atoms with Crippen molar-refractivity contribution >= 4 is 46.6 Å². The van der Waals surface area contributed by atoms with Crippen molar-refractivity contribution in [2.24, 2.45) is 7.05 Å². The molecule has 3 rings (SSSR count). The Kier molecular flexibility index (Phi) is 7.05. The summed E-state index contributed by atoms with van der Waals surface area (Å²) in [7, 11) is 1.85. The lowest BCUT2D eigenvalue weighted by Gasteiger charge is -2.14. The summed E-state index contributed by atoms with van der Waals surface area (Å²) in [6, 6.07) is 12.9. The zero-order valence-corrected chi connectivity index (χ0v) is 18.5. The molecular weight excluding hydrogens is 431 g/mol. The van der Waals surface area contributed by atoms with Crippen LogP contribution in [0.15, 0.2) is 47.6 Å². The SMILES string of the molecule is Cc1cccc(OC(C)c2nnc(SCC(=O)Nc3cccc(Cl)c3Cl)n2C)c1. The summed E-state index contributed by atoms with van der Waals surface area (Å²) in [5.74, 6) is 1.38. The van der Waals surface area contributed by atoms with Gasteiger partial charge in [0.25, 0.3) is 0 Å². The van der Waals surface area contributed by atoms with Gasteiger partial charge in [-0.2, -0.15) is 0 Å². The highest BCUT2D eigenvalue weighted by Crippen LogP contribution is 2.30. The number of hydrogen-bond donors (Lipinski definition) is 1. The number of thioether (sulfide) groups is 1. The molecule has 9 heteroatoms. The third kappa shape index (κ3) is 5.44. The predicted molar refractivity (Wildman–Crippen MR) is 117 cm³/mol. The van der Waals surface area contributed by atoms with Crippen molar-refractivity contribution in [1.82, 2.24) is 14.8 Å². The molecule has 0 aliphatic rings. The van der Waals surface area contributed by atoms with Gasteiger partial charge in [-0.1, -0.05) is 53.2 Å². The molecule has 0 bridgehead atoms. The van der Waals surface area contributed by atoms with E-state index >= 15 is 0 Å². The number of rotatable bonds is 7. The number of hydrogen-bond acceptors (Lipinski definition) is 5. The van der Waals surface area contributed by atoms with Gasteiger partial charge in [0.1, 0.15) is 5.75 Å². The van der Waals surface area contributed by atoms with Crippen LogP contribution in [0.25, 0.3) is 0 Å². The molecule has 1 aromatic heterocycles. The third-order valence-corrected chi connectivity index (χ3v) is 5.93. The molecule has 0 saturated heterocycles. The summed E-state index contributed by atoms with van der Waals surface area (Å²) in [4.78, 5) is 12.3. The molecule has 0 saturated carbocycles. The van der Waals surface area contributed by atoms with Gasteiger partial charge in [-0.05, 0) is 43.7 Å². The second-order valence-electron chi connectivity index (χ2n) is 6.41. The Labute approximate surface area is 183 Å². The van der Waals surface area contributed by atoms with Crippen LogP contribution in [0.5, 0.6) is 5.75 Å². The van der Waals surface area contributed by atoms with Crippen molar-refractivity contribution in [2.45, 2.75) is 25.1 Å². The number of benzene rings is 2. The van der Waals surface area contributed by atoms with E-state index in [1.807, 2.05) is 49.7 Å². The molecule has 1 amide bonds. The van der Waals surface area contributed by atoms with E-state index < -0.39 is 0 Å². The zero-order valence-electron chi connectivity index (χ0n) is 16.1. The van der Waals surface area contributed by atoms with E-state index in [0.29, 0.717) is 26.7 Å². The number of aryl methyl sites for hydroxylation is 1. The first-order valence-electron chi connectivity index (χ1n) is 8.84. The molecule has 0 aliphatic heterocycles. The maximum absolute atomic E-state index is 12.3. The second-order valence-corrected chi connectivity index (χ2v) is 8.14. The third-order valence-electron chi connectivity index (χ3n) is 4.09. The van der Waals surface area contributed by atoms with Crippen molar-refractivity contribution in [2.75, 3.05) is 11.1 Å². The van der Waals surface area contributed by atoms with E-state index in [1.165, 1.54) is 11.8 Å². The van der Waals surface area contributed by atoms with Gasteiger partial charge in [-0.15, -0.1) is 10.2 Å². The Bertz CT molecular complexity index is 1030. The number of carbonyl (C=O) groups is 1. The summed E-state index contributed by atoms with van der Waals surface area (Å²) in [5, 5.41) is 12.5. The number of carbonyl (C=O) groups excluding carboxylic acids is 1. The van der Waals surface area contributed by atoms with Crippen LogP contribution in [-0.2, 0) is 11.8 Å². The average Bonchev–Trinajstić information content (AvgIpc) is 3.04. The number of aromatic nitrogens is 3. The highest BCUT2D eigenvalue weighted by Gasteiger charge is 2.18. The highest BCUT2D eigenvalue weighted by molar-refractivity contribution is 7.99. The number of nitrogens with zero attached hydrogens (tertiary/aromatic N) is 3. The maximum atomic E-state index is 12.3. The summed E-state index contributed by atoms with van der Waals surface area (Å²) < 4.78 is 7.79. The predicted octanol–water partition coefficient (Wildman–Crippen LogP) is 5.30. The quantitative estimate of drug-likeness (QED) is 0.494. The normalized spacial score (nSPS) is 11.9. The molecule has 1 N–H and O–H groups in total. The van der Waals surface area contributed by atoms with Gasteiger partial charge < -0.3 is 14.6 Å². The number of amides is 1. The van der Waals surface area contributed by atoms with Gasteiger partial charge in [0.05, 0.1) is 21.5 Å². The van der Waals surface area contributed by atoms with E-state index in [-0.39, 0.29) is 17.8 Å². The molecule has 1 heterocycles. The van der Waals surface area contributed by atoms with Crippen molar-refractivity contribution < 1.29 is 9.53 Å². The van der Waals surface area contributed by atoms with Crippen molar-refractivity contribution in [3.8, 4) is 5.75 Å². The first-order chi connectivity index (χ1) is 13.8. The summed E-state index contributed by atoms with van der Waals surface area (Å²) in [5.41, 5.74) is 1.60. The molecule has 29 heavy (non-hydrogen) atoms. The molecule has 1 unspecified atom stereocenters. The van der Waals surface area contributed by atoms with E-state index in [0.717, 1.165) is 11.3 Å². The smallest absolute Gasteiger partial charge is 0.234 e. The van der Waals surface area contributed by atoms with Crippen molar-refractivity contribution in [1.29, 1.82) is 0 Å². The standard InChI is InChI=1S/C20H20Cl2N4O2S/c1-12-6-4-7-14(10-12)28-13(2)19-24-25-20(26(19)3)29-11-17(27)23-16-9-5-8-15(21)18(16)22/h4-10,13H,11H2,1-3H3,(H,23,27). The molecule has 6 nitrogen and oxygen atoms in total. The molecule has 2 aromatic carbocycles. The Morgan fingerprint density at radius 2 is 2.00 bits per heavy atom. The van der Waals surface area contributed by atoms with Crippen LogP contribution in [0.1, 0.15) is 24.4 Å². The van der Waals surface area contributed by atoms with Crippen LogP contribution in [-0.4, -0.2) is 26.4 Å². The van der Waals surface area contributed by atoms with E-state index in [9.17, 15) is 4.79 Å². The lowest BCUT2D eigenvalue weighted by atomic mass is 10.2. The Balaban J connectivity index is 1.60. The maximum Gasteiger partial charge on any atom is 0.234 e. The molecule has 0 fully saturated rings. The number of nitrogens with one attached hydrogen (secondary N) is 1. The van der Waals surface area contributed by atoms with Crippen LogP contribution >= 0.6 is 35.0 Å². The zero-order chi connectivity index (χ0) is 21.0. The Morgan fingerprint density at radius 1 is 1.24 bits per heavy atom. The largest absolute Gasteiger partial charge is 0.483 e. The molecule has 0 spiro atoms. The number of anilines is 1. The Morgan fingerprint density at radius 3 is 2.76 bits per heavy atom. The van der Waals surface area contributed by atoms with Crippen LogP contribution < -0.4 is 10.1 Å². The van der Waals surface area contributed by atoms with Crippen molar-refractivity contribution in [3.63, 3.8) is 0 Å². The first kappa shape index (κ1) is 21.5.